The van der Waals surface area contributed by atoms with Crippen LogP contribution in [0.15, 0.2) is 52.9 Å². The van der Waals surface area contributed by atoms with Crippen LogP contribution in [-0.4, -0.2) is 34.7 Å². The van der Waals surface area contributed by atoms with Gasteiger partial charge in [0.05, 0.1) is 13.2 Å². The number of benzene rings is 2. The zero-order valence-corrected chi connectivity index (χ0v) is 15.1. The van der Waals surface area contributed by atoms with Crippen LogP contribution in [0, 0.1) is 6.92 Å². The molecule has 26 heavy (non-hydrogen) atoms. The van der Waals surface area contributed by atoms with E-state index in [9.17, 15) is 4.79 Å². The van der Waals surface area contributed by atoms with E-state index < -0.39 is 0 Å². The van der Waals surface area contributed by atoms with E-state index in [1.54, 1.807) is 36.2 Å². The monoisotopic (exact) mass is 351 g/mol. The number of hydrogen-bond acceptors (Lipinski definition) is 5. The van der Waals surface area contributed by atoms with E-state index in [0.29, 0.717) is 24.0 Å². The summed E-state index contributed by atoms with van der Waals surface area (Å²) in [6, 6.07) is 14.9. The van der Waals surface area contributed by atoms with Gasteiger partial charge in [-0.1, -0.05) is 17.7 Å². The maximum absolute atomic E-state index is 12.5. The minimum atomic E-state index is -0.122. The molecule has 1 heterocycles. The summed E-state index contributed by atoms with van der Waals surface area (Å²) in [4.78, 5) is 14.1. The first-order chi connectivity index (χ1) is 12.6. The number of hydrogen-bond donors (Lipinski definition) is 0. The fourth-order valence-corrected chi connectivity index (χ4v) is 2.49. The second-order valence-corrected chi connectivity index (χ2v) is 5.99. The van der Waals surface area contributed by atoms with Crippen molar-refractivity contribution in [1.82, 2.24) is 15.1 Å². The third kappa shape index (κ3) is 4.08. The average molecular weight is 351 g/mol. The molecule has 6 nitrogen and oxygen atoms in total. The molecule has 1 amide bonds. The second-order valence-electron chi connectivity index (χ2n) is 5.99. The number of carbonyl (C=O) groups is 1. The van der Waals surface area contributed by atoms with Gasteiger partial charge in [-0.3, -0.25) is 4.79 Å². The van der Waals surface area contributed by atoms with Crippen LogP contribution in [0.3, 0.4) is 0 Å². The molecule has 0 aliphatic heterocycles. The summed E-state index contributed by atoms with van der Waals surface area (Å²) in [5, 5.41) is 8.10. The van der Waals surface area contributed by atoms with Gasteiger partial charge in [0.25, 0.3) is 5.91 Å². The normalized spacial score (nSPS) is 10.6. The minimum absolute atomic E-state index is 0.122. The molecule has 0 radical (unpaired) electrons. The van der Waals surface area contributed by atoms with Crippen LogP contribution in [0.25, 0.3) is 11.5 Å². The van der Waals surface area contributed by atoms with Crippen molar-refractivity contribution in [2.45, 2.75) is 20.4 Å². The highest BCUT2D eigenvalue weighted by Crippen LogP contribution is 2.19. The molecule has 6 heteroatoms. The van der Waals surface area contributed by atoms with Crippen molar-refractivity contribution in [3.05, 3.63) is 65.5 Å². The van der Waals surface area contributed by atoms with E-state index in [1.165, 1.54) is 0 Å². The summed E-state index contributed by atoms with van der Waals surface area (Å²) < 4.78 is 11.1. The lowest BCUT2D eigenvalue weighted by Crippen LogP contribution is -2.26. The number of aromatic nitrogens is 2. The SMILES string of the molecule is CCOc1ccc(C(=O)N(C)Cc2nnc(-c3ccc(C)cc3)o2)cc1. The van der Waals surface area contributed by atoms with Crippen LogP contribution in [-0.2, 0) is 6.54 Å². The Bertz CT molecular complexity index is 870. The highest BCUT2D eigenvalue weighted by atomic mass is 16.5. The van der Waals surface area contributed by atoms with Crippen molar-refractivity contribution in [3.8, 4) is 17.2 Å². The molecular weight excluding hydrogens is 330 g/mol. The van der Waals surface area contributed by atoms with E-state index in [4.69, 9.17) is 9.15 Å². The van der Waals surface area contributed by atoms with Crippen LogP contribution >= 0.6 is 0 Å². The van der Waals surface area contributed by atoms with Crippen molar-refractivity contribution >= 4 is 5.91 Å². The van der Waals surface area contributed by atoms with Gasteiger partial charge in [-0.25, -0.2) is 0 Å². The largest absolute Gasteiger partial charge is 0.494 e. The molecule has 0 atom stereocenters. The third-order valence-electron chi connectivity index (χ3n) is 3.90. The zero-order chi connectivity index (χ0) is 18.5. The Morgan fingerprint density at radius 1 is 1.08 bits per heavy atom. The molecule has 0 saturated heterocycles. The molecule has 0 aliphatic rings. The molecule has 0 fully saturated rings. The first-order valence-corrected chi connectivity index (χ1v) is 8.44. The number of aryl methyl sites for hydroxylation is 1. The molecule has 0 unspecified atom stereocenters. The van der Waals surface area contributed by atoms with Crippen LogP contribution < -0.4 is 4.74 Å². The van der Waals surface area contributed by atoms with E-state index in [0.717, 1.165) is 16.9 Å². The quantitative estimate of drug-likeness (QED) is 0.677. The maximum atomic E-state index is 12.5. The standard InChI is InChI=1S/C20H21N3O3/c1-4-25-17-11-9-16(10-12-17)20(24)23(3)13-18-21-22-19(26-18)15-7-5-14(2)6-8-15/h5-12H,4,13H2,1-3H3. The first kappa shape index (κ1) is 17.7. The Kier molecular flexibility index (Phi) is 5.31. The number of amides is 1. The van der Waals surface area contributed by atoms with Crippen molar-refractivity contribution in [3.63, 3.8) is 0 Å². The predicted molar refractivity (Wildman–Crippen MR) is 97.9 cm³/mol. The maximum Gasteiger partial charge on any atom is 0.254 e. The van der Waals surface area contributed by atoms with Crippen LogP contribution in [0.2, 0.25) is 0 Å². The Hall–Kier alpha value is -3.15. The summed E-state index contributed by atoms with van der Waals surface area (Å²) in [5.74, 6) is 1.46. The average Bonchev–Trinajstić information content (AvgIpc) is 3.11. The molecule has 1 aromatic heterocycles. The van der Waals surface area contributed by atoms with Gasteiger partial charge in [0.2, 0.25) is 11.8 Å². The second kappa shape index (κ2) is 7.82. The van der Waals surface area contributed by atoms with Crippen molar-refractivity contribution < 1.29 is 13.9 Å². The van der Waals surface area contributed by atoms with Crippen molar-refractivity contribution in [2.24, 2.45) is 0 Å². The van der Waals surface area contributed by atoms with Crippen LogP contribution in [0.1, 0.15) is 28.7 Å². The lowest BCUT2D eigenvalue weighted by Gasteiger charge is -2.15. The number of carbonyl (C=O) groups excluding carboxylic acids is 1. The van der Waals surface area contributed by atoms with Gasteiger partial charge in [-0.15, -0.1) is 10.2 Å². The smallest absolute Gasteiger partial charge is 0.254 e. The Labute approximate surface area is 152 Å². The van der Waals surface area contributed by atoms with Gasteiger partial charge < -0.3 is 14.1 Å². The van der Waals surface area contributed by atoms with E-state index in [-0.39, 0.29) is 12.5 Å². The van der Waals surface area contributed by atoms with Crippen molar-refractivity contribution in [2.75, 3.05) is 13.7 Å². The Balaban J connectivity index is 1.66. The fourth-order valence-electron chi connectivity index (χ4n) is 2.49. The lowest BCUT2D eigenvalue weighted by atomic mass is 10.1. The zero-order valence-electron chi connectivity index (χ0n) is 15.1. The molecule has 2 aromatic carbocycles. The van der Waals surface area contributed by atoms with Gasteiger partial charge in [0.1, 0.15) is 5.75 Å². The van der Waals surface area contributed by atoms with Crippen LogP contribution in [0.5, 0.6) is 5.75 Å². The molecule has 0 aliphatic carbocycles. The van der Waals surface area contributed by atoms with E-state index in [2.05, 4.69) is 10.2 Å². The molecule has 0 bridgehead atoms. The highest BCUT2D eigenvalue weighted by Gasteiger charge is 2.16. The molecular formula is C20H21N3O3. The van der Waals surface area contributed by atoms with Crippen LogP contribution in [0.4, 0.5) is 0 Å². The summed E-state index contributed by atoms with van der Waals surface area (Å²) in [7, 11) is 1.70. The van der Waals surface area contributed by atoms with Gasteiger partial charge >= 0.3 is 0 Å². The van der Waals surface area contributed by atoms with E-state index >= 15 is 0 Å². The summed E-state index contributed by atoms with van der Waals surface area (Å²) in [5.41, 5.74) is 2.60. The lowest BCUT2D eigenvalue weighted by molar-refractivity contribution is 0.0773. The molecule has 134 valence electrons. The van der Waals surface area contributed by atoms with Gasteiger partial charge in [0.15, 0.2) is 0 Å². The number of ether oxygens (including phenoxy) is 1. The molecule has 0 saturated carbocycles. The van der Waals surface area contributed by atoms with Gasteiger partial charge in [-0.05, 0) is 50.2 Å². The highest BCUT2D eigenvalue weighted by molar-refractivity contribution is 5.94. The van der Waals surface area contributed by atoms with E-state index in [1.807, 2.05) is 38.1 Å². The topological polar surface area (TPSA) is 68.5 Å². The first-order valence-electron chi connectivity index (χ1n) is 8.44. The molecule has 0 N–H and O–H groups in total. The summed E-state index contributed by atoms with van der Waals surface area (Å²) in [6.07, 6.45) is 0. The predicted octanol–water partition coefficient (Wildman–Crippen LogP) is 3.72. The van der Waals surface area contributed by atoms with Gasteiger partial charge in [-0.2, -0.15) is 0 Å². The third-order valence-corrected chi connectivity index (χ3v) is 3.90. The number of nitrogens with zero attached hydrogens (tertiary/aromatic N) is 3. The Morgan fingerprint density at radius 3 is 2.42 bits per heavy atom. The fraction of sp³-hybridized carbons (Fsp3) is 0.250. The molecule has 0 spiro atoms. The van der Waals surface area contributed by atoms with Crippen molar-refractivity contribution in [1.29, 1.82) is 0 Å². The van der Waals surface area contributed by atoms with Gasteiger partial charge in [0, 0.05) is 18.2 Å². The molecule has 3 aromatic rings. The summed E-state index contributed by atoms with van der Waals surface area (Å²) in [6.45, 7) is 4.77. The number of rotatable bonds is 6. The summed E-state index contributed by atoms with van der Waals surface area (Å²) >= 11 is 0. The molecule has 3 rings (SSSR count). The Morgan fingerprint density at radius 2 is 1.77 bits per heavy atom. The minimum Gasteiger partial charge on any atom is -0.494 e.